The fourth-order valence-electron chi connectivity index (χ4n) is 1.86. The van der Waals surface area contributed by atoms with Gasteiger partial charge in [-0.1, -0.05) is 18.0 Å². The predicted octanol–water partition coefficient (Wildman–Crippen LogP) is 2.77. The summed E-state index contributed by atoms with van der Waals surface area (Å²) in [5.74, 6) is 2.07. The van der Waals surface area contributed by atoms with Gasteiger partial charge in [-0.05, 0) is 25.7 Å². The molecule has 0 bridgehead atoms. The summed E-state index contributed by atoms with van der Waals surface area (Å²) in [4.78, 5) is 8.36. The van der Waals surface area contributed by atoms with Gasteiger partial charge < -0.3 is 10.6 Å². The first-order chi connectivity index (χ1) is 7.70. The second-order valence-electron chi connectivity index (χ2n) is 4.26. The number of rotatable bonds is 4. The summed E-state index contributed by atoms with van der Waals surface area (Å²) in [7, 11) is 1.79. The third kappa shape index (κ3) is 2.38. The van der Waals surface area contributed by atoms with Crippen molar-refractivity contribution in [1.29, 1.82) is 0 Å². The molecule has 0 spiro atoms. The molecule has 1 heterocycles. The molecule has 0 radical (unpaired) electrons. The summed E-state index contributed by atoms with van der Waals surface area (Å²) < 4.78 is 0. The van der Waals surface area contributed by atoms with Crippen molar-refractivity contribution in [3.63, 3.8) is 0 Å². The highest BCUT2D eigenvalue weighted by molar-refractivity contribution is 6.32. The molecule has 1 aliphatic rings. The Labute approximate surface area is 101 Å². The van der Waals surface area contributed by atoms with Crippen molar-refractivity contribution in [2.24, 2.45) is 5.92 Å². The van der Waals surface area contributed by atoms with E-state index in [9.17, 15) is 0 Å². The van der Waals surface area contributed by atoms with E-state index in [1.165, 1.54) is 19.3 Å². The number of aromatic nitrogens is 2. The molecule has 1 fully saturated rings. The van der Waals surface area contributed by atoms with E-state index in [1.807, 2.05) is 0 Å². The minimum Gasteiger partial charge on any atom is -0.366 e. The van der Waals surface area contributed by atoms with Crippen LogP contribution in [0.2, 0.25) is 5.02 Å². The molecular formula is C11H17ClN4. The number of hydrogen-bond acceptors (Lipinski definition) is 4. The summed E-state index contributed by atoms with van der Waals surface area (Å²) >= 11 is 6.05. The van der Waals surface area contributed by atoms with Crippen LogP contribution < -0.4 is 10.6 Å². The van der Waals surface area contributed by atoms with Crippen LogP contribution in [0.5, 0.6) is 0 Å². The molecule has 2 rings (SSSR count). The molecular weight excluding hydrogens is 224 g/mol. The lowest BCUT2D eigenvalue weighted by atomic mass is 9.80. The van der Waals surface area contributed by atoms with Gasteiger partial charge in [-0.15, -0.1) is 0 Å². The SMILES string of the molecule is CNc1ncc(Cl)c(NC(C)C2CCC2)n1. The van der Waals surface area contributed by atoms with Gasteiger partial charge in [0.1, 0.15) is 5.02 Å². The van der Waals surface area contributed by atoms with Crippen molar-refractivity contribution in [3.05, 3.63) is 11.2 Å². The fraction of sp³-hybridized carbons (Fsp3) is 0.636. The summed E-state index contributed by atoms with van der Waals surface area (Å²) in [6.07, 6.45) is 5.57. The van der Waals surface area contributed by atoms with Crippen LogP contribution in [0.25, 0.3) is 0 Å². The molecule has 2 N–H and O–H groups in total. The van der Waals surface area contributed by atoms with E-state index in [0.717, 1.165) is 11.7 Å². The molecule has 1 saturated carbocycles. The van der Waals surface area contributed by atoms with Crippen molar-refractivity contribution in [3.8, 4) is 0 Å². The van der Waals surface area contributed by atoms with Crippen LogP contribution >= 0.6 is 11.6 Å². The Bertz CT molecular complexity index is 365. The molecule has 0 aliphatic heterocycles. The topological polar surface area (TPSA) is 49.8 Å². The zero-order chi connectivity index (χ0) is 11.5. The van der Waals surface area contributed by atoms with Gasteiger partial charge in [-0.2, -0.15) is 4.98 Å². The third-order valence-electron chi connectivity index (χ3n) is 3.19. The zero-order valence-corrected chi connectivity index (χ0v) is 10.4. The number of halogens is 1. The van der Waals surface area contributed by atoms with Crippen LogP contribution in [0, 0.1) is 5.92 Å². The van der Waals surface area contributed by atoms with Gasteiger partial charge in [-0.3, -0.25) is 0 Å². The van der Waals surface area contributed by atoms with Crippen molar-refractivity contribution in [1.82, 2.24) is 9.97 Å². The van der Waals surface area contributed by atoms with Crippen LogP contribution in [-0.2, 0) is 0 Å². The number of nitrogens with one attached hydrogen (secondary N) is 2. The van der Waals surface area contributed by atoms with Crippen LogP contribution in [0.15, 0.2) is 6.20 Å². The van der Waals surface area contributed by atoms with Crippen molar-refractivity contribution < 1.29 is 0 Å². The normalized spacial score (nSPS) is 17.7. The molecule has 1 atom stereocenters. The number of nitrogens with zero attached hydrogens (tertiary/aromatic N) is 2. The van der Waals surface area contributed by atoms with E-state index in [1.54, 1.807) is 13.2 Å². The molecule has 88 valence electrons. The molecule has 5 heteroatoms. The van der Waals surface area contributed by atoms with Crippen molar-refractivity contribution >= 4 is 23.4 Å². The smallest absolute Gasteiger partial charge is 0.224 e. The lowest BCUT2D eigenvalue weighted by molar-refractivity contribution is 0.285. The Balaban J connectivity index is 2.06. The van der Waals surface area contributed by atoms with E-state index in [4.69, 9.17) is 11.6 Å². The molecule has 1 aromatic heterocycles. The van der Waals surface area contributed by atoms with E-state index in [0.29, 0.717) is 17.0 Å². The van der Waals surface area contributed by atoms with Gasteiger partial charge in [-0.25, -0.2) is 4.98 Å². The number of anilines is 2. The Morgan fingerprint density at radius 2 is 2.25 bits per heavy atom. The summed E-state index contributed by atoms with van der Waals surface area (Å²) in [6.45, 7) is 2.18. The first-order valence-corrected chi connectivity index (χ1v) is 6.05. The van der Waals surface area contributed by atoms with Gasteiger partial charge in [0.15, 0.2) is 5.82 Å². The lowest BCUT2D eigenvalue weighted by Gasteiger charge is -2.32. The quantitative estimate of drug-likeness (QED) is 0.850. The minimum atomic E-state index is 0.422. The summed E-state index contributed by atoms with van der Waals surface area (Å²) in [5, 5.41) is 6.84. The molecule has 0 amide bonds. The van der Waals surface area contributed by atoms with E-state index < -0.39 is 0 Å². The molecule has 1 aromatic rings. The van der Waals surface area contributed by atoms with Crippen LogP contribution in [0.4, 0.5) is 11.8 Å². The first kappa shape index (κ1) is 11.5. The minimum absolute atomic E-state index is 0.422. The largest absolute Gasteiger partial charge is 0.366 e. The highest BCUT2D eigenvalue weighted by Gasteiger charge is 2.24. The molecule has 4 nitrogen and oxygen atoms in total. The standard InChI is InChI=1S/C11H17ClN4/c1-7(8-4-3-5-8)15-10-9(12)6-14-11(13-2)16-10/h6-8H,3-5H2,1-2H3,(H2,13,14,15,16). The maximum atomic E-state index is 6.05. The second-order valence-corrected chi connectivity index (χ2v) is 4.67. The van der Waals surface area contributed by atoms with E-state index >= 15 is 0 Å². The third-order valence-corrected chi connectivity index (χ3v) is 3.47. The molecule has 0 aromatic carbocycles. The monoisotopic (exact) mass is 240 g/mol. The summed E-state index contributed by atoms with van der Waals surface area (Å²) in [6, 6.07) is 0.422. The van der Waals surface area contributed by atoms with Crippen LogP contribution in [-0.4, -0.2) is 23.1 Å². The average molecular weight is 241 g/mol. The maximum absolute atomic E-state index is 6.05. The molecule has 1 aliphatic carbocycles. The van der Waals surface area contributed by atoms with E-state index in [-0.39, 0.29) is 0 Å². The Kier molecular flexibility index (Phi) is 3.49. The molecule has 0 saturated heterocycles. The Morgan fingerprint density at radius 3 is 2.81 bits per heavy atom. The lowest BCUT2D eigenvalue weighted by Crippen LogP contribution is -2.31. The highest BCUT2D eigenvalue weighted by atomic mass is 35.5. The van der Waals surface area contributed by atoms with Gasteiger partial charge in [0.05, 0.1) is 6.20 Å². The van der Waals surface area contributed by atoms with Gasteiger partial charge >= 0.3 is 0 Å². The molecule has 1 unspecified atom stereocenters. The van der Waals surface area contributed by atoms with Gasteiger partial charge in [0.2, 0.25) is 5.95 Å². The Hall–Kier alpha value is -1.03. The van der Waals surface area contributed by atoms with Gasteiger partial charge in [0, 0.05) is 13.1 Å². The summed E-state index contributed by atoms with van der Waals surface area (Å²) in [5.41, 5.74) is 0. The van der Waals surface area contributed by atoms with Crippen LogP contribution in [0.1, 0.15) is 26.2 Å². The van der Waals surface area contributed by atoms with Crippen molar-refractivity contribution in [2.45, 2.75) is 32.2 Å². The molecule has 16 heavy (non-hydrogen) atoms. The predicted molar refractivity (Wildman–Crippen MR) is 67.0 cm³/mol. The average Bonchev–Trinajstić information content (AvgIpc) is 2.18. The Morgan fingerprint density at radius 1 is 1.50 bits per heavy atom. The highest BCUT2D eigenvalue weighted by Crippen LogP contribution is 2.31. The van der Waals surface area contributed by atoms with Gasteiger partial charge in [0.25, 0.3) is 0 Å². The maximum Gasteiger partial charge on any atom is 0.224 e. The number of hydrogen-bond donors (Lipinski definition) is 2. The zero-order valence-electron chi connectivity index (χ0n) is 9.63. The van der Waals surface area contributed by atoms with Crippen LogP contribution in [0.3, 0.4) is 0 Å². The van der Waals surface area contributed by atoms with Crippen molar-refractivity contribution in [2.75, 3.05) is 17.7 Å². The second kappa shape index (κ2) is 4.87. The first-order valence-electron chi connectivity index (χ1n) is 5.67. The fourth-order valence-corrected chi connectivity index (χ4v) is 2.01. The van der Waals surface area contributed by atoms with E-state index in [2.05, 4.69) is 27.5 Å².